The van der Waals surface area contributed by atoms with Gasteiger partial charge in [0.05, 0.1) is 21.5 Å². The maximum Gasteiger partial charge on any atom is 0.308 e. The molecule has 2 atom stereocenters. The maximum absolute atomic E-state index is 12.8. The van der Waals surface area contributed by atoms with Crippen LogP contribution in [0.2, 0.25) is 10.0 Å². The van der Waals surface area contributed by atoms with E-state index in [0.29, 0.717) is 30.0 Å². The third-order valence-corrected chi connectivity index (χ3v) is 5.55. The standard InChI is InChI=1S/C15H17Cl2NO3S/c1-8-9(15(20)21)4-3-5-18(8)14(19)10-6-13(22-2)12(17)7-11(10)16/h6-9H,3-5H2,1-2H3,(H,20,21)/t8-,9-/m0/s1. The zero-order valence-corrected chi connectivity index (χ0v) is 14.6. The predicted octanol–water partition coefficient (Wildman–Crippen LogP) is 4.04. The van der Waals surface area contributed by atoms with Gasteiger partial charge in [-0.1, -0.05) is 23.2 Å². The minimum Gasteiger partial charge on any atom is -0.481 e. The van der Waals surface area contributed by atoms with Crippen LogP contribution in [-0.4, -0.2) is 40.7 Å². The van der Waals surface area contributed by atoms with Crippen molar-refractivity contribution < 1.29 is 14.7 Å². The monoisotopic (exact) mass is 361 g/mol. The highest BCUT2D eigenvalue weighted by atomic mass is 35.5. The van der Waals surface area contributed by atoms with Gasteiger partial charge in [-0.2, -0.15) is 0 Å². The van der Waals surface area contributed by atoms with Gasteiger partial charge in [0.25, 0.3) is 5.91 Å². The van der Waals surface area contributed by atoms with Crippen LogP contribution in [0.5, 0.6) is 0 Å². The van der Waals surface area contributed by atoms with Crippen LogP contribution in [0.1, 0.15) is 30.1 Å². The normalized spacial score (nSPS) is 21.7. The summed E-state index contributed by atoms with van der Waals surface area (Å²) < 4.78 is 0. The molecule has 1 N–H and O–H groups in total. The summed E-state index contributed by atoms with van der Waals surface area (Å²) in [4.78, 5) is 26.4. The first kappa shape index (κ1) is 17.4. The Morgan fingerprint density at radius 1 is 1.32 bits per heavy atom. The van der Waals surface area contributed by atoms with E-state index in [9.17, 15) is 14.7 Å². The van der Waals surface area contributed by atoms with Crippen LogP contribution < -0.4 is 0 Å². The fraction of sp³-hybridized carbons (Fsp3) is 0.467. The number of hydrogen-bond acceptors (Lipinski definition) is 3. The molecule has 1 aromatic carbocycles. The van der Waals surface area contributed by atoms with Crippen molar-refractivity contribution in [2.45, 2.75) is 30.7 Å². The molecule has 1 aliphatic rings. The second-order valence-corrected chi connectivity index (χ2v) is 6.96. The van der Waals surface area contributed by atoms with Crippen LogP contribution in [0.4, 0.5) is 0 Å². The first-order valence-corrected chi connectivity index (χ1v) is 8.91. The largest absolute Gasteiger partial charge is 0.481 e. The number of carbonyl (C=O) groups excluding carboxylic acids is 1. The maximum atomic E-state index is 12.8. The van der Waals surface area contributed by atoms with E-state index in [2.05, 4.69) is 0 Å². The molecule has 0 aromatic heterocycles. The Morgan fingerprint density at radius 2 is 2.00 bits per heavy atom. The summed E-state index contributed by atoms with van der Waals surface area (Å²) in [6.07, 6.45) is 3.13. The van der Waals surface area contributed by atoms with E-state index in [0.717, 1.165) is 4.90 Å². The van der Waals surface area contributed by atoms with Crippen LogP contribution in [0.15, 0.2) is 17.0 Å². The molecular weight excluding hydrogens is 345 g/mol. The molecule has 2 rings (SSSR count). The molecule has 0 bridgehead atoms. The van der Waals surface area contributed by atoms with Crippen molar-refractivity contribution in [2.75, 3.05) is 12.8 Å². The predicted molar refractivity (Wildman–Crippen MR) is 89.1 cm³/mol. The van der Waals surface area contributed by atoms with Gasteiger partial charge in [0.2, 0.25) is 0 Å². The summed E-state index contributed by atoms with van der Waals surface area (Å²) in [5, 5.41) is 10.1. The summed E-state index contributed by atoms with van der Waals surface area (Å²) in [6.45, 7) is 2.31. The molecule has 0 radical (unpaired) electrons. The van der Waals surface area contributed by atoms with Gasteiger partial charge in [0.15, 0.2) is 0 Å². The number of aliphatic carboxylic acids is 1. The number of piperidine rings is 1. The number of halogens is 2. The molecule has 7 heteroatoms. The smallest absolute Gasteiger partial charge is 0.308 e. The van der Waals surface area contributed by atoms with Gasteiger partial charge in [0, 0.05) is 17.5 Å². The Morgan fingerprint density at radius 3 is 2.59 bits per heavy atom. The molecule has 1 saturated heterocycles. The van der Waals surface area contributed by atoms with E-state index in [4.69, 9.17) is 23.2 Å². The molecule has 1 amide bonds. The fourth-order valence-electron chi connectivity index (χ4n) is 2.76. The zero-order valence-electron chi connectivity index (χ0n) is 12.3. The molecule has 22 heavy (non-hydrogen) atoms. The third-order valence-electron chi connectivity index (χ3n) is 4.04. The lowest BCUT2D eigenvalue weighted by Gasteiger charge is -2.37. The summed E-state index contributed by atoms with van der Waals surface area (Å²) in [5.41, 5.74) is 0.369. The molecule has 1 aromatic rings. The number of likely N-dealkylation sites (tertiary alicyclic amines) is 1. The molecule has 0 aliphatic carbocycles. The number of carboxylic acid groups (broad SMARTS) is 1. The fourth-order valence-corrected chi connectivity index (χ4v) is 3.95. The van der Waals surface area contributed by atoms with Crippen LogP contribution in [0.3, 0.4) is 0 Å². The van der Waals surface area contributed by atoms with E-state index in [1.165, 1.54) is 11.8 Å². The molecule has 0 spiro atoms. The Labute approximate surface area is 143 Å². The molecule has 4 nitrogen and oxygen atoms in total. The number of rotatable bonds is 3. The van der Waals surface area contributed by atoms with Gasteiger partial charge < -0.3 is 10.0 Å². The average molecular weight is 362 g/mol. The molecular formula is C15H17Cl2NO3S. The number of carbonyl (C=O) groups is 2. The molecule has 0 unspecified atom stereocenters. The lowest BCUT2D eigenvalue weighted by atomic mass is 9.90. The van der Waals surface area contributed by atoms with Gasteiger partial charge >= 0.3 is 5.97 Å². The molecule has 1 aliphatic heterocycles. The van der Waals surface area contributed by atoms with Crippen molar-refractivity contribution in [3.05, 3.63) is 27.7 Å². The highest BCUT2D eigenvalue weighted by molar-refractivity contribution is 7.98. The first-order chi connectivity index (χ1) is 10.4. The highest BCUT2D eigenvalue weighted by Crippen LogP contribution is 2.33. The Bertz CT molecular complexity index is 609. The minimum absolute atomic E-state index is 0.240. The van der Waals surface area contributed by atoms with Crippen molar-refractivity contribution in [2.24, 2.45) is 5.92 Å². The number of thioether (sulfide) groups is 1. The van der Waals surface area contributed by atoms with E-state index >= 15 is 0 Å². The topological polar surface area (TPSA) is 57.6 Å². The lowest BCUT2D eigenvalue weighted by Crippen LogP contribution is -2.49. The number of nitrogens with zero attached hydrogens (tertiary/aromatic N) is 1. The summed E-state index contributed by atoms with van der Waals surface area (Å²) in [6, 6.07) is 2.88. The number of hydrogen-bond donors (Lipinski definition) is 1. The highest BCUT2D eigenvalue weighted by Gasteiger charge is 2.36. The van der Waals surface area contributed by atoms with Crippen molar-refractivity contribution in [3.8, 4) is 0 Å². The van der Waals surface area contributed by atoms with E-state index in [1.807, 2.05) is 6.26 Å². The quantitative estimate of drug-likeness (QED) is 0.825. The van der Waals surface area contributed by atoms with Gasteiger partial charge in [-0.15, -0.1) is 11.8 Å². The summed E-state index contributed by atoms with van der Waals surface area (Å²) in [5.74, 6) is -1.64. The Balaban J connectivity index is 2.33. The van der Waals surface area contributed by atoms with Crippen molar-refractivity contribution in [3.63, 3.8) is 0 Å². The number of benzene rings is 1. The Kier molecular flexibility index (Phi) is 5.64. The SMILES string of the molecule is CSc1cc(C(=O)N2CCC[C@H](C(=O)O)[C@@H]2C)c(Cl)cc1Cl. The number of carboxylic acids is 1. The number of amides is 1. The van der Waals surface area contributed by atoms with Crippen molar-refractivity contribution in [1.82, 2.24) is 4.90 Å². The van der Waals surface area contributed by atoms with Gasteiger partial charge in [0.1, 0.15) is 0 Å². The van der Waals surface area contributed by atoms with Gasteiger partial charge in [-0.3, -0.25) is 9.59 Å². The van der Waals surface area contributed by atoms with Crippen LogP contribution in [-0.2, 0) is 4.79 Å². The van der Waals surface area contributed by atoms with Crippen LogP contribution in [0, 0.1) is 5.92 Å². The summed E-state index contributed by atoms with van der Waals surface area (Å²) >= 11 is 13.7. The minimum atomic E-state index is -0.864. The van der Waals surface area contributed by atoms with Crippen molar-refractivity contribution in [1.29, 1.82) is 0 Å². The summed E-state index contributed by atoms with van der Waals surface area (Å²) in [7, 11) is 0. The van der Waals surface area contributed by atoms with E-state index in [-0.39, 0.29) is 17.0 Å². The van der Waals surface area contributed by atoms with Crippen LogP contribution >= 0.6 is 35.0 Å². The Hall–Kier alpha value is -0.910. The second-order valence-electron chi connectivity index (χ2n) is 5.29. The molecule has 1 heterocycles. The van der Waals surface area contributed by atoms with E-state index in [1.54, 1.807) is 24.0 Å². The lowest BCUT2D eigenvalue weighted by molar-refractivity contribution is -0.144. The molecule has 0 saturated carbocycles. The van der Waals surface area contributed by atoms with Gasteiger partial charge in [-0.05, 0) is 38.2 Å². The van der Waals surface area contributed by atoms with Crippen molar-refractivity contribution >= 4 is 46.8 Å². The molecule has 120 valence electrons. The van der Waals surface area contributed by atoms with E-state index < -0.39 is 11.9 Å². The van der Waals surface area contributed by atoms with Crippen LogP contribution in [0.25, 0.3) is 0 Å². The van der Waals surface area contributed by atoms with Gasteiger partial charge in [-0.25, -0.2) is 0 Å². The zero-order chi connectivity index (χ0) is 16.4. The second kappa shape index (κ2) is 7.11. The third kappa shape index (κ3) is 3.36. The average Bonchev–Trinajstić information content (AvgIpc) is 2.46. The molecule has 1 fully saturated rings. The first-order valence-electron chi connectivity index (χ1n) is 6.93.